The molecule has 0 N–H and O–H groups in total. The summed E-state index contributed by atoms with van der Waals surface area (Å²) in [5.74, 6) is 0. The Hall–Kier alpha value is -8.20. The summed E-state index contributed by atoms with van der Waals surface area (Å²) in [7, 11) is 0. The molecule has 0 fully saturated rings. The van der Waals surface area contributed by atoms with Crippen molar-refractivity contribution in [1.29, 1.82) is 0 Å². The largest absolute Gasteiger partial charge is 0.309 e. The van der Waals surface area contributed by atoms with E-state index in [1.54, 1.807) is 0 Å². The van der Waals surface area contributed by atoms with Gasteiger partial charge in [-0.2, -0.15) is 0 Å². The standard InChI is InChI=1S/2C31H23N.C2H6/c2*1-22-9-8-12-24(19-22)26-16-18-31-29(21-26)28-20-25(23-10-4-2-5-11-23)15-17-30(28)32(31)27-13-6-3-7-14-27;1-2/h2*2-21H,1H3;1-2H3. The van der Waals surface area contributed by atoms with Gasteiger partial charge in [0, 0.05) is 32.9 Å². The molecular formula is C64H52N2. The molecule has 2 nitrogen and oxygen atoms in total. The first-order valence-corrected chi connectivity index (χ1v) is 23.1. The van der Waals surface area contributed by atoms with Crippen molar-refractivity contribution < 1.29 is 0 Å². The summed E-state index contributed by atoms with van der Waals surface area (Å²) in [6.07, 6.45) is 0. The molecule has 2 heterocycles. The fourth-order valence-electron chi connectivity index (χ4n) is 9.39. The summed E-state index contributed by atoms with van der Waals surface area (Å²) in [5, 5.41) is 5.11. The average molecular weight is 849 g/mol. The quantitative estimate of drug-likeness (QED) is 0.158. The lowest BCUT2D eigenvalue weighted by atomic mass is 9.99. The number of fused-ring (bicyclic) bond motifs is 6. The second-order valence-corrected chi connectivity index (χ2v) is 16.7. The Morgan fingerprint density at radius 1 is 0.227 bits per heavy atom. The number of para-hydroxylation sites is 2. The van der Waals surface area contributed by atoms with Gasteiger partial charge in [0.2, 0.25) is 0 Å². The Balaban J connectivity index is 0.000000149. The summed E-state index contributed by atoms with van der Waals surface area (Å²) in [6.45, 7) is 8.30. The Morgan fingerprint density at radius 3 is 0.788 bits per heavy atom. The van der Waals surface area contributed by atoms with Crippen molar-refractivity contribution in [2.75, 3.05) is 0 Å². The molecule has 66 heavy (non-hydrogen) atoms. The number of hydrogen-bond donors (Lipinski definition) is 0. The zero-order chi connectivity index (χ0) is 45.0. The highest BCUT2D eigenvalue weighted by Crippen LogP contribution is 2.39. The van der Waals surface area contributed by atoms with E-state index in [1.165, 1.54) is 111 Å². The summed E-state index contributed by atoms with van der Waals surface area (Å²) in [4.78, 5) is 0. The number of benzene rings is 10. The van der Waals surface area contributed by atoms with E-state index in [2.05, 4.69) is 266 Å². The maximum absolute atomic E-state index is 2.37. The van der Waals surface area contributed by atoms with Gasteiger partial charge in [0.05, 0.1) is 22.1 Å². The normalized spacial score (nSPS) is 11.0. The third-order valence-corrected chi connectivity index (χ3v) is 12.5. The molecule has 10 aromatic carbocycles. The lowest BCUT2D eigenvalue weighted by Gasteiger charge is -2.08. The van der Waals surface area contributed by atoms with Crippen molar-refractivity contribution in [3.05, 3.63) is 254 Å². The Kier molecular flexibility index (Phi) is 11.7. The molecule has 0 saturated heterocycles. The van der Waals surface area contributed by atoms with Crippen molar-refractivity contribution >= 4 is 43.6 Å². The molecule has 0 amide bonds. The molecule has 0 aliphatic carbocycles. The van der Waals surface area contributed by atoms with Gasteiger partial charge in [-0.3, -0.25) is 0 Å². The molecule has 2 heteroatoms. The maximum atomic E-state index is 2.37. The van der Waals surface area contributed by atoms with Gasteiger partial charge >= 0.3 is 0 Å². The molecule has 0 radical (unpaired) electrons. The zero-order valence-electron chi connectivity index (χ0n) is 38.0. The van der Waals surface area contributed by atoms with E-state index in [0.29, 0.717) is 0 Å². The first-order chi connectivity index (χ1) is 32.6. The summed E-state index contributed by atoms with van der Waals surface area (Å²) in [6, 6.07) is 87.4. The molecule has 2 aromatic heterocycles. The third-order valence-electron chi connectivity index (χ3n) is 12.5. The van der Waals surface area contributed by atoms with Gasteiger partial charge < -0.3 is 9.13 Å². The molecule has 0 bridgehead atoms. The van der Waals surface area contributed by atoms with Crippen molar-refractivity contribution in [3.63, 3.8) is 0 Å². The minimum atomic E-state index is 1.18. The molecular weight excluding hydrogens is 797 g/mol. The number of aryl methyl sites for hydroxylation is 2. The third kappa shape index (κ3) is 8.10. The van der Waals surface area contributed by atoms with Crippen LogP contribution in [0.5, 0.6) is 0 Å². The van der Waals surface area contributed by atoms with Crippen LogP contribution in [0.3, 0.4) is 0 Å². The fraction of sp³-hybridized carbons (Fsp3) is 0.0625. The van der Waals surface area contributed by atoms with Crippen LogP contribution in [-0.2, 0) is 0 Å². The second kappa shape index (κ2) is 18.5. The summed E-state index contributed by atoms with van der Waals surface area (Å²) >= 11 is 0. The Bertz CT molecular complexity index is 3360. The molecule has 0 unspecified atom stereocenters. The number of rotatable bonds is 6. The number of nitrogens with zero attached hydrogens (tertiary/aromatic N) is 2. The summed E-state index contributed by atoms with van der Waals surface area (Å²) in [5.41, 5.74) is 19.8. The molecule has 12 rings (SSSR count). The molecule has 0 saturated carbocycles. The highest BCUT2D eigenvalue weighted by atomic mass is 15.0. The predicted molar refractivity (Wildman–Crippen MR) is 284 cm³/mol. The van der Waals surface area contributed by atoms with Crippen LogP contribution in [0.15, 0.2) is 243 Å². The van der Waals surface area contributed by atoms with Crippen LogP contribution in [0.25, 0.3) is 99.5 Å². The Morgan fingerprint density at radius 2 is 0.485 bits per heavy atom. The van der Waals surface area contributed by atoms with Gasteiger partial charge in [-0.05, 0) is 131 Å². The van der Waals surface area contributed by atoms with Gasteiger partial charge in [-0.15, -0.1) is 0 Å². The maximum Gasteiger partial charge on any atom is 0.0541 e. The van der Waals surface area contributed by atoms with E-state index in [1.807, 2.05) is 13.8 Å². The molecule has 0 aliphatic rings. The van der Waals surface area contributed by atoms with E-state index in [4.69, 9.17) is 0 Å². The van der Waals surface area contributed by atoms with Crippen molar-refractivity contribution in [2.45, 2.75) is 27.7 Å². The lowest BCUT2D eigenvalue weighted by molar-refractivity contribution is 1.18. The molecule has 0 spiro atoms. The van der Waals surface area contributed by atoms with Gasteiger partial charge in [0.1, 0.15) is 0 Å². The van der Waals surface area contributed by atoms with Crippen LogP contribution in [0.4, 0.5) is 0 Å². The minimum Gasteiger partial charge on any atom is -0.309 e. The predicted octanol–water partition coefficient (Wildman–Crippen LogP) is 17.9. The zero-order valence-corrected chi connectivity index (χ0v) is 38.0. The average Bonchev–Trinajstić information content (AvgIpc) is 3.89. The van der Waals surface area contributed by atoms with Crippen LogP contribution in [0.2, 0.25) is 0 Å². The van der Waals surface area contributed by atoms with Crippen molar-refractivity contribution in [1.82, 2.24) is 9.13 Å². The molecule has 318 valence electrons. The molecule has 0 aliphatic heterocycles. The Labute approximate surface area is 388 Å². The number of aromatic nitrogens is 2. The fourth-order valence-corrected chi connectivity index (χ4v) is 9.39. The van der Waals surface area contributed by atoms with Crippen molar-refractivity contribution in [2.24, 2.45) is 0 Å². The van der Waals surface area contributed by atoms with E-state index >= 15 is 0 Å². The SMILES string of the molecule is CC.Cc1cccc(-c2ccc3c(c2)c2cc(-c4ccccc4)ccc2n3-c2ccccc2)c1.Cc1cccc(-c2ccc3c(c2)c2cc(-c4ccccc4)ccc2n3-c2ccccc2)c1. The first-order valence-electron chi connectivity index (χ1n) is 23.1. The number of hydrogen-bond acceptors (Lipinski definition) is 0. The van der Waals surface area contributed by atoms with E-state index in [9.17, 15) is 0 Å². The summed E-state index contributed by atoms with van der Waals surface area (Å²) < 4.78 is 4.75. The van der Waals surface area contributed by atoms with Gasteiger partial charge in [0.25, 0.3) is 0 Å². The topological polar surface area (TPSA) is 9.86 Å². The lowest BCUT2D eigenvalue weighted by Crippen LogP contribution is -1.93. The first kappa shape index (κ1) is 41.8. The van der Waals surface area contributed by atoms with Crippen LogP contribution >= 0.6 is 0 Å². The molecule has 12 aromatic rings. The van der Waals surface area contributed by atoms with Crippen LogP contribution < -0.4 is 0 Å². The smallest absolute Gasteiger partial charge is 0.0541 e. The van der Waals surface area contributed by atoms with Gasteiger partial charge in [-0.1, -0.05) is 195 Å². The van der Waals surface area contributed by atoms with Gasteiger partial charge in [0.15, 0.2) is 0 Å². The van der Waals surface area contributed by atoms with Crippen molar-refractivity contribution in [3.8, 4) is 55.9 Å². The minimum absolute atomic E-state index is 1.18. The highest BCUT2D eigenvalue weighted by Gasteiger charge is 2.16. The van der Waals surface area contributed by atoms with Crippen LogP contribution in [0, 0.1) is 13.8 Å². The van der Waals surface area contributed by atoms with Gasteiger partial charge in [-0.25, -0.2) is 0 Å². The highest BCUT2D eigenvalue weighted by molar-refractivity contribution is 6.13. The van der Waals surface area contributed by atoms with Crippen LogP contribution in [-0.4, -0.2) is 9.13 Å². The molecule has 0 atom stereocenters. The monoisotopic (exact) mass is 848 g/mol. The van der Waals surface area contributed by atoms with E-state index < -0.39 is 0 Å². The van der Waals surface area contributed by atoms with E-state index in [-0.39, 0.29) is 0 Å². The second-order valence-electron chi connectivity index (χ2n) is 16.7. The van der Waals surface area contributed by atoms with E-state index in [0.717, 1.165) is 0 Å². The van der Waals surface area contributed by atoms with Crippen LogP contribution in [0.1, 0.15) is 25.0 Å².